The van der Waals surface area contributed by atoms with Crippen LogP contribution in [0, 0.1) is 23.7 Å². The van der Waals surface area contributed by atoms with Crippen LogP contribution in [0.4, 0.5) is 13.2 Å². The first-order chi connectivity index (χ1) is 19.4. The Morgan fingerprint density at radius 1 is 0.952 bits per heavy atom. The highest BCUT2D eigenvalue weighted by Gasteiger charge is 2.38. The van der Waals surface area contributed by atoms with E-state index in [1.54, 1.807) is 11.6 Å². The van der Waals surface area contributed by atoms with Gasteiger partial charge in [0.15, 0.2) is 0 Å². The molecule has 0 aromatic heterocycles. The van der Waals surface area contributed by atoms with Gasteiger partial charge >= 0.3 is 18.1 Å². The highest BCUT2D eigenvalue weighted by Crippen LogP contribution is 2.26. The van der Waals surface area contributed by atoms with Crippen LogP contribution in [0.3, 0.4) is 0 Å². The van der Waals surface area contributed by atoms with Crippen LogP contribution in [0.1, 0.15) is 52.5 Å². The Balaban J connectivity index is 0.00000212. The van der Waals surface area contributed by atoms with E-state index in [9.17, 15) is 37.6 Å². The number of benzene rings is 1. The summed E-state index contributed by atoms with van der Waals surface area (Å²) < 4.78 is 31.7. The van der Waals surface area contributed by atoms with E-state index in [-0.39, 0.29) is 24.8 Å². The number of carbonyl (C=O) groups is 5. The number of carbonyl (C=O) groups excluding carboxylic acids is 3. The van der Waals surface area contributed by atoms with Gasteiger partial charge in [0.25, 0.3) is 0 Å². The maximum Gasteiger partial charge on any atom is 0.490 e. The molecule has 1 aromatic carbocycles. The highest BCUT2D eigenvalue weighted by molar-refractivity contribution is 5.90. The number of hydrogen-bond donors (Lipinski definition) is 6. The number of nitrogens with two attached hydrogens (primary N) is 1. The molecule has 0 saturated carbocycles. The second-order valence-electron chi connectivity index (χ2n) is 10.2. The summed E-state index contributed by atoms with van der Waals surface area (Å²) in [5.41, 5.74) is 10.7. The van der Waals surface area contributed by atoms with Crippen molar-refractivity contribution in [3.63, 3.8) is 0 Å². The number of alkyl halides is 3. The summed E-state index contributed by atoms with van der Waals surface area (Å²) in [5, 5.41) is 26.6. The molecule has 0 saturated heterocycles. The molecule has 0 bridgehead atoms. The van der Waals surface area contributed by atoms with Gasteiger partial charge in [0, 0.05) is 6.54 Å². The van der Waals surface area contributed by atoms with Gasteiger partial charge in [-0.1, -0.05) is 70.2 Å². The number of carboxylic acids is 2. The number of aliphatic carboxylic acids is 2. The number of hydroxylamine groups is 1. The predicted octanol–water partition coefficient (Wildman–Crippen LogP) is 2.82. The molecular formula is C27H39F3N4O8. The van der Waals surface area contributed by atoms with Crippen LogP contribution in [-0.2, 0) is 24.0 Å². The Hall–Kier alpha value is -3.98. The van der Waals surface area contributed by atoms with Crippen LogP contribution in [0.25, 0.3) is 6.08 Å². The third-order valence-electron chi connectivity index (χ3n) is 5.54. The number of carboxylic acid groups (broad SMARTS) is 2. The molecule has 236 valence electrons. The van der Waals surface area contributed by atoms with E-state index in [0.29, 0.717) is 6.42 Å². The van der Waals surface area contributed by atoms with Gasteiger partial charge in [-0.3, -0.25) is 34.8 Å². The zero-order valence-electron chi connectivity index (χ0n) is 23.8. The largest absolute Gasteiger partial charge is 0.490 e. The lowest BCUT2D eigenvalue weighted by atomic mass is 9.82. The van der Waals surface area contributed by atoms with Gasteiger partial charge in [0.1, 0.15) is 6.04 Å². The Morgan fingerprint density at radius 2 is 1.50 bits per heavy atom. The van der Waals surface area contributed by atoms with Crippen LogP contribution in [0.5, 0.6) is 0 Å². The molecule has 42 heavy (non-hydrogen) atoms. The topological polar surface area (TPSA) is 199 Å². The monoisotopic (exact) mass is 604 g/mol. The second kappa shape index (κ2) is 18.5. The van der Waals surface area contributed by atoms with Crippen molar-refractivity contribution in [1.82, 2.24) is 15.9 Å². The Morgan fingerprint density at radius 3 is 1.93 bits per heavy atom. The van der Waals surface area contributed by atoms with Gasteiger partial charge in [0.2, 0.25) is 17.7 Å². The Kier molecular flexibility index (Phi) is 16.7. The summed E-state index contributed by atoms with van der Waals surface area (Å²) in [4.78, 5) is 58.6. The van der Waals surface area contributed by atoms with Crippen molar-refractivity contribution in [2.24, 2.45) is 29.4 Å². The third kappa shape index (κ3) is 15.1. The molecule has 0 fully saturated rings. The van der Waals surface area contributed by atoms with Crippen LogP contribution in [-0.4, -0.2) is 68.9 Å². The normalized spacial score (nSPS) is 13.5. The molecule has 0 spiro atoms. The fourth-order valence-corrected chi connectivity index (χ4v) is 3.59. The number of hydrogen-bond acceptors (Lipinski definition) is 7. The molecule has 7 N–H and O–H groups in total. The quantitative estimate of drug-likeness (QED) is 0.145. The first kappa shape index (κ1) is 38.0. The molecule has 0 radical (unpaired) electrons. The van der Waals surface area contributed by atoms with Crippen molar-refractivity contribution >= 4 is 35.7 Å². The van der Waals surface area contributed by atoms with Crippen LogP contribution in [0.2, 0.25) is 0 Å². The minimum atomic E-state index is -5.08. The average molecular weight is 605 g/mol. The zero-order valence-corrected chi connectivity index (χ0v) is 23.8. The lowest BCUT2D eigenvalue weighted by molar-refractivity contribution is -0.192. The zero-order chi connectivity index (χ0) is 32.6. The van der Waals surface area contributed by atoms with Crippen molar-refractivity contribution < 1.29 is 52.6 Å². The van der Waals surface area contributed by atoms with Crippen LogP contribution in [0.15, 0.2) is 36.4 Å². The minimum absolute atomic E-state index is 0.0332. The minimum Gasteiger partial charge on any atom is -0.480 e. The third-order valence-corrected chi connectivity index (χ3v) is 5.54. The maximum absolute atomic E-state index is 13.4. The molecular weight excluding hydrogens is 565 g/mol. The highest BCUT2D eigenvalue weighted by atomic mass is 19.4. The van der Waals surface area contributed by atoms with E-state index in [0.717, 1.165) is 10.6 Å². The van der Waals surface area contributed by atoms with Crippen molar-refractivity contribution in [1.29, 1.82) is 0 Å². The number of rotatable bonds is 13. The summed E-state index contributed by atoms with van der Waals surface area (Å²) in [6.45, 7) is 7.61. The molecule has 1 rings (SSSR count). The summed E-state index contributed by atoms with van der Waals surface area (Å²) in [6.07, 6.45) is -1.49. The maximum atomic E-state index is 13.4. The standard InChI is InChI=1S/C25H38N4O6.C2HF3O2/c1-16(2)13-20(19(24(32)28-35)12-8-11-18-9-6-5-7-10-18)23(31)27-29(15-17(3)4)22(30)14-21(26)25(33)34;3-2(4,5)1(6)7/h5-11,16-17,19-21,35H,12-15,26H2,1-4H3,(H,27,31)(H,28,32)(H,33,34);(H,6,7)/b11-8-;/t19-,20?,21?;/m1./s1. The van der Waals surface area contributed by atoms with Gasteiger partial charge in [-0.15, -0.1) is 0 Å². The Labute approximate surface area is 241 Å². The molecule has 15 heteroatoms. The lowest BCUT2D eigenvalue weighted by Gasteiger charge is -2.31. The van der Waals surface area contributed by atoms with Crippen molar-refractivity contribution in [2.75, 3.05) is 6.54 Å². The molecule has 3 atom stereocenters. The smallest absolute Gasteiger partial charge is 0.480 e. The number of halogens is 3. The average Bonchev–Trinajstić information content (AvgIpc) is 2.89. The predicted molar refractivity (Wildman–Crippen MR) is 145 cm³/mol. The number of hydrazine groups is 1. The van der Waals surface area contributed by atoms with Gasteiger partial charge in [-0.2, -0.15) is 13.2 Å². The van der Waals surface area contributed by atoms with Gasteiger partial charge < -0.3 is 15.9 Å². The number of allylic oxidation sites excluding steroid dienone is 1. The molecule has 0 heterocycles. The summed E-state index contributed by atoms with van der Waals surface area (Å²) >= 11 is 0. The molecule has 3 amide bonds. The number of nitrogens with one attached hydrogen (secondary N) is 2. The van der Waals surface area contributed by atoms with Gasteiger partial charge in [0.05, 0.1) is 18.3 Å². The Bertz CT molecular complexity index is 1070. The van der Waals surface area contributed by atoms with E-state index in [1.807, 2.05) is 64.1 Å². The van der Waals surface area contributed by atoms with Crippen LogP contribution < -0.4 is 16.6 Å². The first-order valence-corrected chi connectivity index (χ1v) is 12.9. The summed E-state index contributed by atoms with van der Waals surface area (Å²) in [5.74, 6) is -7.77. The fraction of sp³-hybridized carbons (Fsp3) is 0.519. The van der Waals surface area contributed by atoms with Gasteiger partial charge in [-0.25, -0.2) is 10.3 Å². The summed E-state index contributed by atoms with van der Waals surface area (Å²) in [7, 11) is 0. The number of nitrogens with zero attached hydrogens (tertiary/aromatic N) is 1. The number of amides is 3. The van der Waals surface area contributed by atoms with Crippen molar-refractivity contribution in [3.8, 4) is 0 Å². The van der Waals surface area contributed by atoms with E-state index < -0.39 is 60.1 Å². The molecule has 0 aliphatic carbocycles. The molecule has 12 nitrogen and oxygen atoms in total. The van der Waals surface area contributed by atoms with Crippen LogP contribution >= 0.6 is 0 Å². The van der Waals surface area contributed by atoms with Crippen molar-refractivity contribution in [2.45, 2.75) is 59.2 Å². The van der Waals surface area contributed by atoms with E-state index in [1.165, 1.54) is 0 Å². The van der Waals surface area contributed by atoms with E-state index in [2.05, 4.69) is 5.43 Å². The van der Waals surface area contributed by atoms with Gasteiger partial charge in [-0.05, 0) is 30.2 Å². The first-order valence-electron chi connectivity index (χ1n) is 12.9. The molecule has 2 unspecified atom stereocenters. The molecule has 0 aliphatic heterocycles. The SMILES string of the molecule is CC(C)CC(C(=O)NN(CC(C)C)C(=O)CC(N)C(=O)O)[C@@H](C/C=C\c1ccccc1)C(=O)NO.O=C(O)C(F)(F)F. The second-order valence-corrected chi connectivity index (χ2v) is 10.2. The molecule has 0 aliphatic rings. The summed E-state index contributed by atoms with van der Waals surface area (Å²) in [6, 6.07) is 8.03. The van der Waals surface area contributed by atoms with E-state index in [4.69, 9.17) is 20.7 Å². The lowest BCUT2D eigenvalue weighted by Crippen LogP contribution is -2.53. The van der Waals surface area contributed by atoms with E-state index >= 15 is 0 Å². The van der Waals surface area contributed by atoms with Crippen molar-refractivity contribution in [3.05, 3.63) is 42.0 Å². The molecule has 1 aromatic rings. The fourth-order valence-electron chi connectivity index (χ4n) is 3.59.